The lowest BCUT2D eigenvalue weighted by atomic mass is 9.82. The maximum Gasteiger partial charge on any atom is 0.323 e. The van der Waals surface area contributed by atoms with E-state index in [4.69, 9.17) is 9.47 Å². The molecule has 0 aliphatic carbocycles. The lowest BCUT2D eigenvalue weighted by Crippen LogP contribution is -2.42. The van der Waals surface area contributed by atoms with E-state index in [0.29, 0.717) is 19.4 Å². The lowest BCUT2D eigenvalue weighted by Gasteiger charge is -2.28. The fourth-order valence-electron chi connectivity index (χ4n) is 3.47. The average Bonchev–Trinajstić information content (AvgIpc) is 2.69. The summed E-state index contributed by atoms with van der Waals surface area (Å²) in [5.74, 6) is -0.831. The molecular weight excluding hydrogens is 352 g/mol. The number of carbonyl (C=O) groups is 2. The van der Waals surface area contributed by atoms with Crippen molar-refractivity contribution in [3.05, 3.63) is 0 Å². The second kappa shape index (κ2) is 16.9. The van der Waals surface area contributed by atoms with Crippen LogP contribution in [0.25, 0.3) is 0 Å². The van der Waals surface area contributed by atoms with E-state index in [-0.39, 0.29) is 6.10 Å². The molecule has 0 fully saturated rings. The van der Waals surface area contributed by atoms with Gasteiger partial charge >= 0.3 is 11.9 Å². The molecule has 0 spiro atoms. The van der Waals surface area contributed by atoms with Crippen molar-refractivity contribution in [3.63, 3.8) is 0 Å². The molecule has 28 heavy (non-hydrogen) atoms. The Morgan fingerprint density at radius 1 is 0.714 bits per heavy atom. The van der Waals surface area contributed by atoms with Crippen molar-refractivity contribution in [2.75, 3.05) is 6.61 Å². The van der Waals surface area contributed by atoms with Crippen LogP contribution in [0.2, 0.25) is 0 Å². The normalized spacial score (nSPS) is 12.6. The Bertz CT molecular complexity index is 401. The number of ether oxygens (including phenoxy) is 2. The number of hydrogen-bond acceptors (Lipinski definition) is 4. The molecule has 0 aromatic carbocycles. The Kier molecular flexibility index (Phi) is 16.2. The van der Waals surface area contributed by atoms with Crippen LogP contribution in [-0.2, 0) is 19.1 Å². The second-order valence-corrected chi connectivity index (χ2v) is 8.11. The van der Waals surface area contributed by atoms with Gasteiger partial charge in [0.2, 0.25) is 0 Å². The van der Waals surface area contributed by atoms with Gasteiger partial charge in [-0.05, 0) is 32.6 Å². The first-order chi connectivity index (χ1) is 13.5. The van der Waals surface area contributed by atoms with Gasteiger partial charge in [-0.1, -0.05) is 91.9 Å². The van der Waals surface area contributed by atoms with Crippen LogP contribution in [0.1, 0.15) is 125 Å². The first kappa shape index (κ1) is 26.9. The average molecular weight is 399 g/mol. The summed E-state index contributed by atoms with van der Waals surface area (Å²) in [6, 6.07) is 0. The first-order valence-corrected chi connectivity index (χ1v) is 11.9. The largest absolute Gasteiger partial charge is 0.465 e. The van der Waals surface area contributed by atoms with Crippen LogP contribution in [-0.4, -0.2) is 24.6 Å². The Morgan fingerprint density at radius 2 is 1.21 bits per heavy atom. The Balaban J connectivity index is 4.23. The molecule has 0 aromatic rings. The fraction of sp³-hybridized carbons (Fsp3) is 0.917. The molecule has 1 atom stereocenters. The van der Waals surface area contributed by atoms with E-state index >= 15 is 0 Å². The van der Waals surface area contributed by atoms with E-state index in [1.165, 1.54) is 44.9 Å². The molecule has 166 valence electrons. The summed E-state index contributed by atoms with van der Waals surface area (Å²) in [6.45, 7) is 10.4. The first-order valence-electron chi connectivity index (χ1n) is 11.9. The number of esters is 2. The molecule has 0 N–H and O–H groups in total. The van der Waals surface area contributed by atoms with Crippen molar-refractivity contribution in [1.82, 2.24) is 0 Å². The highest BCUT2D eigenvalue weighted by Gasteiger charge is 2.46. The Morgan fingerprint density at radius 3 is 1.71 bits per heavy atom. The van der Waals surface area contributed by atoms with Crippen LogP contribution < -0.4 is 0 Å². The van der Waals surface area contributed by atoms with Crippen LogP contribution in [0.15, 0.2) is 0 Å². The van der Waals surface area contributed by atoms with Crippen LogP contribution in [0.3, 0.4) is 0 Å². The van der Waals surface area contributed by atoms with Crippen molar-refractivity contribution in [1.29, 1.82) is 0 Å². The van der Waals surface area contributed by atoms with Crippen LogP contribution in [0, 0.1) is 5.41 Å². The van der Waals surface area contributed by atoms with E-state index in [9.17, 15) is 9.59 Å². The molecule has 0 saturated heterocycles. The van der Waals surface area contributed by atoms with Gasteiger partial charge in [0, 0.05) is 0 Å². The molecule has 0 amide bonds. The van der Waals surface area contributed by atoms with Gasteiger partial charge in [-0.15, -0.1) is 0 Å². The summed E-state index contributed by atoms with van der Waals surface area (Å²) in [5.41, 5.74) is -1.15. The van der Waals surface area contributed by atoms with Gasteiger partial charge in [0.25, 0.3) is 0 Å². The molecule has 0 bridgehead atoms. The van der Waals surface area contributed by atoms with Crippen LogP contribution in [0.5, 0.6) is 0 Å². The molecule has 1 unspecified atom stereocenters. The van der Waals surface area contributed by atoms with Crippen molar-refractivity contribution in [2.45, 2.75) is 131 Å². The zero-order valence-electron chi connectivity index (χ0n) is 19.3. The molecule has 0 aliphatic heterocycles. The fourth-order valence-corrected chi connectivity index (χ4v) is 3.47. The standard InChI is InChI=1S/C24H46O4/c1-6-10-12-13-14-15-16-17-18-20-27-22(25)24(8-3,9-4)23(26)28-21(5)19-11-7-2/h21H,6-20H2,1-5H3. The van der Waals surface area contributed by atoms with E-state index in [0.717, 1.165) is 32.1 Å². The number of rotatable bonds is 18. The summed E-state index contributed by atoms with van der Waals surface area (Å²) in [4.78, 5) is 25.4. The van der Waals surface area contributed by atoms with Crippen LogP contribution >= 0.6 is 0 Å². The van der Waals surface area contributed by atoms with E-state index in [2.05, 4.69) is 13.8 Å². The molecule has 0 aliphatic rings. The molecule has 0 saturated carbocycles. The SMILES string of the molecule is CCCCCCCCCCCOC(=O)C(CC)(CC)C(=O)OC(C)CCCC. The lowest BCUT2D eigenvalue weighted by molar-refractivity contribution is -0.176. The zero-order chi connectivity index (χ0) is 21.3. The van der Waals surface area contributed by atoms with Gasteiger partial charge < -0.3 is 9.47 Å². The minimum absolute atomic E-state index is 0.157. The molecule has 0 aromatic heterocycles. The third-order valence-corrected chi connectivity index (χ3v) is 5.74. The minimum Gasteiger partial charge on any atom is -0.465 e. The summed E-state index contributed by atoms with van der Waals surface area (Å²) in [6.07, 6.45) is 14.6. The van der Waals surface area contributed by atoms with Crippen molar-refractivity contribution < 1.29 is 19.1 Å². The smallest absolute Gasteiger partial charge is 0.323 e. The Labute approximate surface area is 174 Å². The van der Waals surface area contributed by atoms with Gasteiger partial charge in [0.15, 0.2) is 5.41 Å². The summed E-state index contributed by atoms with van der Waals surface area (Å²) in [5, 5.41) is 0. The monoisotopic (exact) mass is 398 g/mol. The summed E-state index contributed by atoms with van der Waals surface area (Å²) >= 11 is 0. The van der Waals surface area contributed by atoms with Gasteiger partial charge in [-0.25, -0.2) is 0 Å². The second-order valence-electron chi connectivity index (χ2n) is 8.11. The molecule has 4 heteroatoms. The highest BCUT2D eigenvalue weighted by Crippen LogP contribution is 2.31. The highest BCUT2D eigenvalue weighted by atomic mass is 16.6. The number of carbonyl (C=O) groups excluding carboxylic acids is 2. The van der Waals surface area contributed by atoms with E-state index in [1.807, 2.05) is 20.8 Å². The molecular formula is C24H46O4. The maximum absolute atomic E-state index is 12.7. The Hall–Kier alpha value is -1.06. The minimum atomic E-state index is -1.15. The van der Waals surface area contributed by atoms with Crippen molar-refractivity contribution in [2.24, 2.45) is 5.41 Å². The van der Waals surface area contributed by atoms with Crippen LogP contribution in [0.4, 0.5) is 0 Å². The molecule has 0 heterocycles. The number of unbranched alkanes of at least 4 members (excludes halogenated alkanes) is 9. The van der Waals surface area contributed by atoms with E-state index < -0.39 is 17.4 Å². The third-order valence-electron chi connectivity index (χ3n) is 5.74. The topological polar surface area (TPSA) is 52.6 Å². The highest BCUT2D eigenvalue weighted by molar-refractivity contribution is 6.00. The number of hydrogen-bond donors (Lipinski definition) is 0. The summed E-state index contributed by atoms with van der Waals surface area (Å²) < 4.78 is 11.1. The predicted octanol–water partition coefficient (Wildman–Crippen LogP) is 6.99. The molecule has 0 radical (unpaired) electrons. The van der Waals surface area contributed by atoms with Gasteiger partial charge in [-0.3, -0.25) is 9.59 Å². The van der Waals surface area contributed by atoms with Crippen molar-refractivity contribution >= 4 is 11.9 Å². The van der Waals surface area contributed by atoms with Gasteiger partial charge in [0.05, 0.1) is 12.7 Å². The van der Waals surface area contributed by atoms with Gasteiger partial charge in [0.1, 0.15) is 0 Å². The maximum atomic E-state index is 12.7. The van der Waals surface area contributed by atoms with Gasteiger partial charge in [-0.2, -0.15) is 0 Å². The zero-order valence-corrected chi connectivity index (χ0v) is 19.3. The molecule has 0 rings (SSSR count). The predicted molar refractivity (Wildman–Crippen MR) is 116 cm³/mol. The quantitative estimate of drug-likeness (QED) is 0.142. The molecule has 4 nitrogen and oxygen atoms in total. The third kappa shape index (κ3) is 10.5. The van der Waals surface area contributed by atoms with E-state index in [1.54, 1.807) is 0 Å². The summed E-state index contributed by atoms with van der Waals surface area (Å²) in [7, 11) is 0. The van der Waals surface area contributed by atoms with Crippen molar-refractivity contribution in [3.8, 4) is 0 Å².